The van der Waals surface area contributed by atoms with Gasteiger partial charge in [0.1, 0.15) is 0 Å². The lowest BCUT2D eigenvalue weighted by molar-refractivity contribution is -0.136. The van der Waals surface area contributed by atoms with Crippen LogP contribution >= 0.6 is 0 Å². The number of nitrogens with one attached hydrogen (secondary N) is 1. The van der Waals surface area contributed by atoms with E-state index in [-0.39, 0.29) is 11.3 Å². The number of carbonyl (C=O) groups excluding carboxylic acids is 1. The second-order valence-corrected chi connectivity index (χ2v) is 5.50. The van der Waals surface area contributed by atoms with E-state index >= 15 is 0 Å². The molecular weight excluding hydrogens is 200 g/mol. The minimum Gasteiger partial charge on any atom is -0.353 e. The average Bonchev–Trinajstić information content (AvgIpc) is 2.45. The monoisotopic (exact) mass is 224 g/mol. The zero-order valence-electron chi connectivity index (χ0n) is 10.1. The summed E-state index contributed by atoms with van der Waals surface area (Å²) < 4.78 is 0. The summed E-state index contributed by atoms with van der Waals surface area (Å²) in [7, 11) is 0. The van der Waals surface area contributed by atoms with Crippen molar-refractivity contribution >= 4 is 5.91 Å². The molecular formula is C13H24N2O. The summed E-state index contributed by atoms with van der Waals surface area (Å²) in [6.07, 6.45) is 10.6. The van der Waals surface area contributed by atoms with Crippen molar-refractivity contribution in [2.24, 2.45) is 11.1 Å². The van der Waals surface area contributed by atoms with E-state index in [0.717, 1.165) is 32.1 Å². The lowest BCUT2D eigenvalue weighted by Gasteiger charge is -2.40. The Bertz CT molecular complexity index is 235. The number of hydrogen-bond donors (Lipinski definition) is 2. The maximum absolute atomic E-state index is 12.2. The summed E-state index contributed by atoms with van der Waals surface area (Å²) in [5.41, 5.74) is 5.54. The molecule has 2 rings (SSSR count). The van der Waals surface area contributed by atoms with E-state index < -0.39 is 0 Å². The zero-order valence-corrected chi connectivity index (χ0v) is 10.1. The summed E-state index contributed by atoms with van der Waals surface area (Å²) in [4.78, 5) is 12.2. The summed E-state index contributed by atoms with van der Waals surface area (Å²) in [6.45, 7) is 0.519. The Morgan fingerprint density at radius 1 is 1.12 bits per heavy atom. The van der Waals surface area contributed by atoms with Gasteiger partial charge in [-0.15, -0.1) is 0 Å². The van der Waals surface area contributed by atoms with Crippen LogP contribution in [-0.4, -0.2) is 18.5 Å². The zero-order chi connectivity index (χ0) is 11.4. The molecule has 2 fully saturated rings. The number of rotatable bonds is 3. The van der Waals surface area contributed by atoms with Gasteiger partial charge in [0.2, 0.25) is 5.91 Å². The van der Waals surface area contributed by atoms with Gasteiger partial charge in [0.15, 0.2) is 0 Å². The topological polar surface area (TPSA) is 55.1 Å². The molecule has 3 nitrogen and oxygen atoms in total. The Morgan fingerprint density at radius 2 is 1.75 bits per heavy atom. The van der Waals surface area contributed by atoms with Crippen LogP contribution in [0.25, 0.3) is 0 Å². The predicted molar refractivity (Wildman–Crippen MR) is 65.0 cm³/mol. The van der Waals surface area contributed by atoms with Gasteiger partial charge in [-0.3, -0.25) is 4.79 Å². The molecule has 1 amide bonds. The molecule has 0 aromatic carbocycles. The van der Waals surface area contributed by atoms with Gasteiger partial charge in [0.05, 0.1) is 5.41 Å². The number of carbonyl (C=O) groups is 1. The van der Waals surface area contributed by atoms with Gasteiger partial charge in [-0.05, 0) is 25.7 Å². The lowest BCUT2D eigenvalue weighted by Crippen LogP contribution is -2.52. The van der Waals surface area contributed by atoms with Crippen LogP contribution < -0.4 is 11.1 Å². The summed E-state index contributed by atoms with van der Waals surface area (Å²) in [6, 6.07) is 0.416. The largest absolute Gasteiger partial charge is 0.353 e. The van der Waals surface area contributed by atoms with Gasteiger partial charge >= 0.3 is 0 Å². The van der Waals surface area contributed by atoms with Crippen molar-refractivity contribution in [2.45, 2.75) is 63.8 Å². The van der Waals surface area contributed by atoms with Crippen molar-refractivity contribution in [3.8, 4) is 0 Å². The minimum absolute atomic E-state index is 0.202. The molecule has 0 atom stereocenters. The van der Waals surface area contributed by atoms with Crippen LogP contribution in [0.4, 0.5) is 0 Å². The summed E-state index contributed by atoms with van der Waals surface area (Å²) >= 11 is 0. The van der Waals surface area contributed by atoms with Crippen molar-refractivity contribution in [1.82, 2.24) is 5.32 Å². The molecule has 92 valence electrons. The maximum Gasteiger partial charge on any atom is 0.227 e. The molecule has 0 saturated heterocycles. The molecule has 16 heavy (non-hydrogen) atoms. The van der Waals surface area contributed by atoms with Crippen molar-refractivity contribution < 1.29 is 4.79 Å². The smallest absolute Gasteiger partial charge is 0.227 e. The molecule has 0 unspecified atom stereocenters. The Balaban J connectivity index is 1.85. The van der Waals surface area contributed by atoms with Gasteiger partial charge in [-0.25, -0.2) is 0 Å². The molecule has 0 spiro atoms. The third-order valence-corrected chi connectivity index (χ3v) is 4.37. The molecule has 0 bridgehead atoms. The first kappa shape index (κ1) is 11.9. The van der Waals surface area contributed by atoms with Gasteiger partial charge < -0.3 is 11.1 Å². The highest BCUT2D eigenvalue weighted by Gasteiger charge is 2.43. The van der Waals surface area contributed by atoms with Crippen molar-refractivity contribution in [3.63, 3.8) is 0 Å². The standard InChI is InChI=1S/C13H24N2O/c14-10-13(8-5-9-13)12(16)15-11-6-3-1-2-4-7-11/h11H,1-10,14H2,(H,15,16). The van der Waals surface area contributed by atoms with E-state index in [1.807, 2.05) is 0 Å². The van der Waals surface area contributed by atoms with Gasteiger partial charge in [-0.2, -0.15) is 0 Å². The first-order chi connectivity index (χ1) is 7.77. The number of amides is 1. The van der Waals surface area contributed by atoms with E-state index in [1.165, 1.54) is 25.7 Å². The third-order valence-electron chi connectivity index (χ3n) is 4.37. The van der Waals surface area contributed by atoms with E-state index in [0.29, 0.717) is 12.6 Å². The van der Waals surface area contributed by atoms with Crippen LogP contribution in [0.1, 0.15) is 57.8 Å². The normalized spacial score (nSPS) is 25.6. The molecule has 0 aliphatic heterocycles. The van der Waals surface area contributed by atoms with E-state index in [4.69, 9.17) is 5.73 Å². The number of hydrogen-bond acceptors (Lipinski definition) is 2. The Hall–Kier alpha value is -0.570. The fraction of sp³-hybridized carbons (Fsp3) is 0.923. The van der Waals surface area contributed by atoms with E-state index in [1.54, 1.807) is 0 Å². The second kappa shape index (κ2) is 5.17. The molecule has 0 heterocycles. The molecule has 3 heteroatoms. The van der Waals surface area contributed by atoms with Crippen LogP contribution in [0.15, 0.2) is 0 Å². The van der Waals surface area contributed by atoms with Crippen molar-refractivity contribution in [1.29, 1.82) is 0 Å². The fourth-order valence-electron chi connectivity index (χ4n) is 2.89. The highest BCUT2D eigenvalue weighted by molar-refractivity contribution is 5.84. The minimum atomic E-state index is -0.202. The molecule has 0 aromatic heterocycles. The van der Waals surface area contributed by atoms with E-state index in [9.17, 15) is 4.79 Å². The predicted octanol–water partition coefficient (Wildman–Crippen LogP) is 1.95. The second-order valence-electron chi connectivity index (χ2n) is 5.50. The quantitative estimate of drug-likeness (QED) is 0.720. The fourth-order valence-corrected chi connectivity index (χ4v) is 2.89. The maximum atomic E-state index is 12.2. The van der Waals surface area contributed by atoms with Crippen LogP contribution in [0, 0.1) is 5.41 Å². The third kappa shape index (κ3) is 2.40. The molecule has 2 aliphatic carbocycles. The molecule has 0 radical (unpaired) electrons. The highest BCUT2D eigenvalue weighted by Crippen LogP contribution is 2.40. The van der Waals surface area contributed by atoms with E-state index in [2.05, 4.69) is 5.32 Å². The number of nitrogens with two attached hydrogens (primary N) is 1. The average molecular weight is 224 g/mol. The van der Waals surface area contributed by atoms with Crippen molar-refractivity contribution in [2.75, 3.05) is 6.54 Å². The molecule has 3 N–H and O–H groups in total. The van der Waals surface area contributed by atoms with Crippen molar-refractivity contribution in [3.05, 3.63) is 0 Å². The van der Waals surface area contributed by atoms with Crippen LogP contribution in [0.5, 0.6) is 0 Å². The molecule has 0 aromatic rings. The highest BCUT2D eigenvalue weighted by atomic mass is 16.2. The Labute approximate surface area is 98.2 Å². The van der Waals surface area contributed by atoms with Crippen LogP contribution in [0.3, 0.4) is 0 Å². The first-order valence-corrected chi connectivity index (χ1v) is 6.78. The Kier molecular flexibility index (Phi) is 3.85. The van der Waals surface area contributed by atoms with Crippen LogP contribution in [0.2, 0.25) is 0 Å². The van der Waals surface area contributed by atoms with Gasteiger partial charge in [0.25, 0.3) is 0 Å². The first-order valence-electron chi connectivity index (χ1n) is 6.78. The summed E-state index contributed by atoms with van der Waals surface area (Å²) in [5.74, 6) is 0.230. The lowest BCUT2D eigenvalue weighted by atomic mass is 9.68. The summed E-state index contributed by atoms with van der Waals surface area (Å²) in [5, 5.41) is 3.23. The Morgan fingerprint density at radius 3 is 2.19 bits per heavy atom. The van der Waals surface area contributed by atoms with Crippen LogP contribution in [-0.2, 0) is 4.79 Å². The molecule has 2 aliphatic rings. The molecule has 2 saturated carbocycles. The van der Waals surface area contributed by atoms with Gasteiger partial charge in [0, 0.05) is 12.6 Å². The SMILES string of the molecule is NCC1(C(=O)NC2CCCCCC2)CCC1. The van der Waals surface area contributed by atoms with Gasteiger partial charge in [-0.1, -0.05) is 32.1 Å².